The molecular formula is C22H21N4O+. The van der Waals surface area contributed by atoms with Gasteiger partial charge in [-0.3, -0.25) is 0 Å². The third-order valence-electron chi connectivity index (χ3n) is 4.86. The minimum Gasteiger partial charge on any atom is -0.245 e. The number of quaternary nitrogens is 1. The van der Waals surface area contributed by atoms with Crippen LogP contribution >= 0.6 is 0 Å². The smallest absolute Gasteiger partial charge is 0.245 e. The Kier molecular flexibility index (Phi) is 4.52. The third kappa shape index (κ3) is 3.02. The van der Waals surface area contributed by atoms with E-state index in [2.05, 4.69) is 11.9 Å². The summed E-state index contributed by atoms with van der Waals surface area (Å²) < 4.78 is 1.58. The average molecular weight is 357 g/mol. The maximum Gasteiger partial charge on any atom is 0.439 e. The Balaban J connectivity index is 1.87. The molecule has 4 rings (SSSR count). The molecule has 0 fully saturated rings. The largest absolute Gasteiger partial charge is 0.439 e. The molecule has 2 heterocycles. The van der Waals surface area contributed by atoms with E-state index < -0.39 is 0 Å². The molecule has 134 valence electrons. The average Bonchev–Trinajstić information content (AvgIpc) is 3.37. The zero-order valence-corrected chi connectivity index (χ0v) is 15.2. The first-order chi connectivity index (χ1) is 13.2. The van der Waals surface area contributed by atoms with E-state index in [9.17, 15) is 4.79 Å². The Morgan fingerprint density at radius 1 is 1.04 bits per heavy atom. The van der Waals surface area contributed by atoms with Crippen LogP contribution in [0.25, 0.3) is 5.70 Å². The van der Waals surface area contributed by atoms with Crippen LogP contribution in [0, 0.1) is 0 Å². The Labute approximate surface area is 158 Å². The lowest BCUT2D eigenvalue weighted by Crippen LogP contribution is -2.50. The van der Waals surface area contributed by atoms with Crippen LogP contribution in [0.3, 0.4) is 0 Å². The van der Waals surface area contributed by atoms with Gasteiger partial charge in [-0.15, -0.1) is 0 Å². The summed E-state index contributed by atoms with van der Waals surface area (Å²) in [4.78, 5) is 22.3. The summed E-state index contributed by atoms with van der Waals surface area (Å²) in [6.45, 7) is 2.59. The molecule has 1 unspecified atom stereocenters. The van der Waals surface area contributed by atoms with Gasteiger partial charge in [0.05, 0.1) is 0 Å². The van der Waals surface area contributed by atoms with Gasteiger partial charge < -0.3 is 0 Å². The van der Waals surface area contributed by atoms with Gasteiger partial charge in [-0.25, -0.2) is 14.3 Å². The number of imidazole rings is 1. The Morgan fingerprint density at radius 2 is 1.74 bits per heavy atom. The van der Waals surface area contributed by atoms with Crippen LogP contribution in [0.15, 0.2) is 90.1 Å². The number of hydrogen-bond donors (Lipinski definition) is 0. The fourth-order valence-electron chi connectivity index (χ4n) is 3.59. The first-order valence-electron chi connectivity index (χ1n) is 9.03. The van der Waals surface area contributed by atoms with Crippen molar-refractivity contribution in [1.82, 2.24) is 9.55 Å². The third-order valence-corrected chi connectivity index (χ3v) is 4.86. The SMILES string of the molecule is CCC1=C(c2ccccc2)N=C[N+]1(Cc1ccccc1)C(=O)n1ccnc1. The topological polar surface area (TPSA) is 47.2 Å². The monoisotopic (exact) mass is 357 g/mol. The number of carbonyl (C=O) groups excluding carboxylic acids is 1. The molecule has 1 aliphatic heterocycles. The van der Waals surface area contributed by atoms with Gasteiger partial charge in [0.1, 0.15) is 18.6 Å². The fraction of sp³-hybridized carbons (Fsp3) is 0.136. The summed E-state index contributed by atoms with van der Waals surface area (Å²) in [5, 5.41) is 0. The predicted molar refractivity (Wildman–Crippen MR) is 106 cm³/mol. The molecule has 5 nitrogen and oxygen atoms in total. The molecule has 0 N–H and O–H groups in total. The van der Waals surface area contributed by atoms with E-state index in [4.69, 9.17) is 4.99 Å². The second-order valence-electron chi connectivity index (χ2n) is 6.52. The molecule has 0 bridgehead atoms. The van der Waals surface area contributed by atoms with E-state index in [-0.39, 0.29) is 10.5 Å². The number of nitrogens with zero attached hydrogens (tertiary/aromatic N) is 4. The Hall–Kier alpha value is -3.31. The van der Waals surface area contributed by atoms with Crippen molar-refractivity contribution in [3.8, 4) is 0 Å². The minimum atomic E-state index is -0.0807. The molecule has 1 atom stereocenters. The highest BCUT2D eigenvalue weighted by Crippen LogP contribution is 2.37. The fourth-order valence-corrected chi connectivity index (χ4v) is 3.59. The molecule has 1 aromatic heterocycles. The zero-order valence-electron chi connectivity index (χ0n) is 15.2. The van der Waals surface area contributed by atoms with Crippen molar-refractivity contribution in [3.05, 3.63) is 96.2 Å². The van der Waals surface area contributed by atoms with Crippen molar-refractivity contribution in [2.45, 2.75) is 19.9 Å². The zero-order chi connectivity index (χ0) is 18.7. The molecule has 27 heavy (non-hydrogen) atoms. The van der Waals surface area contributed by atoms with E-state index in [0.29, 0.717) is 6.54 Å². The standard InChI is InChI=1S/C22H21N4O/c1-2-20-21(19-11-7-4-8-12-19)24-17-26(20,15-18-9-5-3-6-10-18)22(27)25-14-13-23-16-25/h3-14,16-17H,2,15H2,1H3/q+1. The molecule has 0 radical (unpaired) electrons. The number of carbonyl (C=O) groups is 1. The molecule has 0 spiro atoms. The van der Waals surface area contributed by atoms with Crippen LogP contribution < -0.4 is 0 Å². The first kappa shape index (κ1) is 17.1. The summed E-state index contributed by atoms with van der Waals surface area (Å²) in [6.07, 6.45) is 7.36. The van der Waals surface area contributed by atoms with E-state index in [1.54, 1.807) is 29.6 Å². The summed E-state index contributed by atoms with van der Waals surface area (Å²) in [6, 6.07) is 20.0. The lowest BCUT2D eigenvalue weighted by molar-refractivity contribution is -0.723. The van der Waals surface area contributed by atoms with Crippen molar-refractivity contribution in [3.63, 3.8) is 0 Å². The minimum absolute atomic E-state index is 0.0428. The highest BCUT2D eigenvalue weighted by molar-refractivity contribution is 5.87. The van der Waals surface area contributed by atoms with Gasteiger partial charge in [-0.2, -0.15) is 9.48 Å². The first-order valence-corrected chi connectivity index (χ1v) is 9.03. The summed E-state index contributed by atoms with van der Waals surface area (Å²) in [5.74, 6) is 0. The van der Waals surface area contributed by atoms with Crippen LogP contribution in [0.4, 0.5) is 4.79 Å². The second kappa shape index (κ2) is 7.13. The Morgan fingerprint density at radius 3 is 2.37 bits per heavy atom. The number of hydrogen-bond acceptors (Lipinski definition) is 3. The van der Waals surface area contributed by atoms with Crippen molar-refractivity contribution >= 4 is 18.1 Å². The van der Waals surface area contributed by atoms with Crippen LogP contribution in [0.2, 0.25) is 0 Å². The van der Waals surface area contributed by atoms with Crippen LogP contribution in [0.5, 0.6) is 0 Å². The lowest BCUT2D eigenvalue weighted by Gasteiger charge is -2.29. The molecule has 0 saturated heterocycles. The maximum absolute atomic E-state index is 13.6. The van der Waals surface area contributed by atoms with E-state index in [1.165, 1.54) is 0 Å². The number of aromatic nitrogens is 2. The lowest BCUT2D eigenvalue weighted by atomic mass is 10.1. The summed E-state index contributed by atoms with van der Waals surface area (Å²) >= 11 is 0. The highest BCUT2D eigenvalue weighted by Gasteiger charge is 2.46. The molecule has 0 saturated carbocycles. The summed E-state index contributed by atoms with van der Waals surface area (Å²) in [5.41, 5.74) is 3.97. The van der Waals surface area contributed by atoms with Gasteiger partial charge in [0, 0.05) is 29.9 Å². The highest BCUT2D eigenvalue weighted by atomic mass is 16.2. The summed E-state index contributed by atoms with van der Waals surface area (Å²) in [7, 11) is 0. The van der Waals surface area contributed by atoms with Crippen LogP contribution in [-0.4, -0.2) is 26.4 Å². The van der Waals surface area contributed by atoms with Gasteiger partial charge in [0.15, 0.2) is 5.70 Å². The van der Waals surface area contributed by atoms with Crippen molar-refractivity contribution in [2.75, 3.05) is 0 Å². The van der Waals surface area contributed by atoms with Gasteiger partial charge in [0.2, 0.25) is 6.34 Å². The van der Waals surface area contributed by atoms with E-state index in [0.717, 1.165) is 28.9 Å². The number of allylic oxidation sites excluding steroid dienone is 1. The number of rotatable bonds is 4. The van der Waals surface area contributed by atoms with Crippen LogP contribution in [-0.2, 0) is 6.54 Å². The number of benzene rings is 2. The molecule has 0 aliphatic carbocycles. The van der Waals surface area contributed by atoms with E-state index >= 15 is 0 Å². The van der Waals surface area contributed by atoms with Crippen LogP contribution in [0.1, 0.15) is 24.5 Å². The predicted octanol–water partition coefficient (Wildman–Crippen LogP) is 4.69. The molecule has 1 amide bonds. The van der Waals surface area contributed by atoms with Gasteiger partial charge in [-0.1, -0.05) is 67.6 Å². The van der Waals surface area contributed by atoms with Crippen molar-refractivity contribution < 1.29 is 9.28 Å². The number of amides is 1. The molecule has 2 aromatic carbocycles. The normalized spacial score (nSPS) is 18.9. The Bertz CT molecular complexity index is 991. The molecule has 5 heteroatoms. The van der Waals surface area contributed by atoms with Gasteiger partial charge in [0.25, 0.3) is 0 Å². The van der Waals surface area contributed by atoms with Crippen molar-refractivity contribution in [2.24, 2.45) is 4.99 Å². The quantitative estimate of drug-likeness (QED) is 0.636. The van der Waals surface area contributed by atoms with Gasteiger partial charge in [-0.05, 0) is 0 Å². The molecular weight excluding hydrogens is 336 g/mol. The molecule has 1 aliphatic rings. The molecule has 3 aromatic rings. The second-order valence-corrected chi connectivity index (χ2v) is 6.52. The van der Waals surface area contributed by atoms with Crippen molar-refractivity contribution in [1.29, 1.82) is 0 Å². The van der Waals surface area contributed by atoms with Gasteiger partial charge >= 0.3 is 6.03 Å². The van der Waals surface area contributed by atoms with E-state index in [1.807, 2.05) is 60.7 Å². The number of aliphatic imine (C=N–C) groups is 1. The maximum atomic E-state index is 13.6.